The Morgan fingerprint density at radius 3 is 2.51 bits per heavy atom. The van der Waals surface area contributed by atoms with Gasteiger partial charge in [-0.05, 0) is 69.2 Å². The molecule has 3 amide bonds. The van der Waals surface area contributed by atoms with Gasteiger partial charge in [0.25, 0.3) is 5.91 Å². The molecule has 11 nitrogen and oxygen atoms in total. The number of benzene rings is 2. The molecule has 0 radical (unpaired) electrons. The largest absolute Gasteiger partial charge is 0.497 e. The lowest BCUT2D eigenvalue weighted by Crippen LogP contribution is -2.52. The highest BCUT2D eigenvalue weighted by Gasteiger charge is 2.31. The lowest BCUT2D eigenvalue weighted by atomic mass is 9.83. The van der Waals surface area contributed by atoms with Crippen LogP contribution in [0.25, 0.3) is 0 Å². The first-order valence-electron chi connectivity index (χ1n) is 18.1. The lowest BCUT2D eigenvalue weighted by molar-refractivity contribution is -0.131. The molecule has 1 saturated carbocycles. The molecule has 0 aromatic heterocycles. The van der Waals surface area contributed by atoms with Gasteiger partial charge in [0.1, 0.15) is 17.5 Å². The highest BCUT2D eigenvalue weighted by atomic mass is 16.5. The molecule has 11 heteroatoms. The first-order valence-corrected chi connectivity index (χ1v) is 18.1. The van der Waals surface area contributed by atoms with Crippen LogP contribution < -0.4 is 25.4 Å². The first-order chi connectivity index (χ1) is 23.9. The smallest absolute Gasteiger partial charge is 0.251 e. The SMILES string of the molecule is CCOCCOCCNC(=O)[C@H](NC(=O)c1cccc(C2CCCN(C(=O)CNCc3ccc(OC)cc3OCC)C2)c1)C1CCCCC1. The quantitative estimate of drug-likeness (QED) is 0.186. The molecule has 1 saturated heterocycles. The molecule has 3 N–H and O–H groups in total. The molecule has 4 rings (SSSR count). The fraction of sp³-hybridized carbons (Fsp3) is 0.605. The number of nitrogens with one attached hydrogen (secondary N) is 3. The van der Waals surface area contributed by atoms with E-state index in [0.717, 1.165) is 67.6 Å². The summed E-state index contributed by atoms with van der Waals surface area (Å²) in [5.74, 6) is 1.32. The Bertz CT molecular complexity index is 1330. The topological polar surface area (TPSA) is 127 Å². The van der Waals surface area contributed by atoms with Crippen LogP contribution in [0.2, 0.25) is 0 Å². The normalized spacial score (nSPS) is 17.3. The summed E-state index contributed by atoms with van der Waals surface area (Å²) < 4.78 is 21.9. The third-order valence-electron chi connectivity index (χ3n) is 9.37. The zero-order valence-corrected chi connectivity index (χ0v) is 29.6. The summed E-state index contributed by atoms with van der Waals surface area (Å²) in [4.78, 5) is 42.1. The average molecular weight is 681 g/mol. The second kappa shape index (κ2) is 20.8. The highest BCUT2D eigenvalue weighted by Crippen LogP contribution is 2.29. The number of hydrogen-bond donors (Lipinski definition) is 3. The Labute approximate surface area is 291 Å². The van der Waals surface area contributed by atoms with Crippen molar-refractivity contribution in [3.8, 4) is 11.5 Å². The number of hydrogen-bond acceptors (Lipinski definition) is 8. The Morgan fingerprint density at radius 1 is 0.918 bits per heavy atom. The monoisotopic (exact) mass is 680 g/mol. The predicted octanol–water partition coefficient (Wildman–Crippen LogP) is 4.44. The number of piperidine rings is 1. The molecule has 2 fully saturated rings. The van der Waals surface area contributed by atoms with Crippen LogP contribution in [0.3, 0.4) is 0 Å². The summed E-state index contributed by atoms with van der Waals surface area (Å²) in [5, 5.41) is 9.34. The molecule has 270 valence electrons. The summed E-state index contributed by atoms with van der Waals surface area (Å²) in [6.45, 7) is 8.86. The maximum atomic E-state index is 13.6. The van der Waals surface area contributed by atoms with Crippen LogP contribution in [-0.2, 0) is 25.6 Å². The van der Waals surface area contributed by atoms with Gasteiger partial charge < -0.3 is 39.8 Å². The average Bonchev–Trinajstić information content (AvgIpc) is 3.14. The molecule has 2 aromatic carbocycles. The van der Waals surface area contributed by atoms with Crippen molar-refractivity contribution < 1.29 is 33.3 Å². The van der Waals surface area contributed by atoms with Crippen molar-refractivity contribution in [3.05, 3.63) is 59.2 Å². The summed E-state index contributed by atoms with van der Waals surface area (Å²) >= 11 is 0. The molecule has 2 aromatic rings. The third-order valence-corrected chi connectivity index (χ3v) is 9.37. The van der Waals surface area contributed by atoms with Crippen molar-refractivity contribution in [2.24, 2.45) is 5.92 Å². The van der Waals surface area contributed by atoms with Crippen LogP contribution in [0.5, 0.6) is 11.5 Å². The Morgan fingerprint density at radius 2 is 1.73 bits per heavy atom. The van der Waals surface area contributed by atoms with Gasteiger partial charge in [-0.1, -0.05) is 37.5 Å². The Hall–Kier alpha value is -3.67. The predicted molar refractivity (Wildman–Crippen MR) is 189 cm³/mol. The zero-order valence-electron chi connectivity index (χ0n) is 29.6. The number of ether oxygens (including phenoxy) is 4. The second-order valence-corrected chi connectivity index (χ2v) is 12.8. The van der Waals surface area contributed by atoms with Gasteiger partial charge in [-0.25, -0.2) is 0 Å². The number of carbonyl (C=O) groups excluding carboxylic acids is 3. The second-order valence-electron chi connectivity index (χ2n) is 12.8. The van der Waals surface area contributed by atoms with E-state index < -0.39 is 6.04 Å². The van der Waals surface area contributed by atoms with Gasteiger partial charge in [0.2, 0.25) is 11.8 Å². The number of rotatable bonds is 19. The van der Waals surface area contributed by atoms with Crippen molar-refractivity contribution in [1.29, 1.82) is 0 Å². The summed E-state index contributed by atoms with van der Waals surface area (Å²) in [6.07, 6.45) is 6.93. The van der Waals surface area contributed by atoms with Gasteiger partial charge in [-0.15, -0.1) is 0 Å². The molecule has 2 aliphatic rings. The van der Waals surface area contributed by atoms with E-state index in [1.165, 1.54) is 0 Å². The fourth-order valence-corrected chi connectivity index (χ4v) is 6.73. The van der Waals surface area contributed by atoms with E-state index in [1.54, 1.807) is 13.2 Å². The van der Waals surface area contributed by atoms with E-state index in [2.05, 4.69) is 16.0 Å². The Balaban J connectivity index is 1.31. The molecule has 1 aliphatic heterocycles. The van der Waals surface area contributed by atoms with Gasteiger partial charge >= 0.3 is 0 Å². The maximum Gasteiger partial charge on any atom is 0.251 e. The van der Waals surface area contributed by atoms with Crippen LogP contribution >= 0.6 is 0 Å². The molecule has 1 unspecified atom stereocenters. The van der Waals surface area contributed by atoms with Gasteiger partial charge in [0.15, 0.2) is 0 Å². The number of carbonyl (C=O) groups is 3. The van der Waals surface area contributed by atoms with Crippen molar-refractivity contribution in [2.75, 3.05) is 66.3 Å². The standard InChI is InChI=1S/C38H56N4O7/c1-4-47-21-22-48-20-18-40-38(45)36(28-11-7-6-8-12-28)41-37(44)30-14-9-13-29(23-30)32-15-10-19-42(27-32)35(43)26-39-25-31-16-17-33(46-3)24-34(31)49-5-2/h9,13-14,16-17,23-24,28,32,36,39H,4-8,10-12,15,18-22,25-27H2,1-3H3,(H,40,45)(H,41,44)/t32?,36-/m1/s1. The molecular formula is C38H56N4O7. The molecule has 2 atom stereocenters. The summed E-state index contributed by atoms with van der Waals surface area (Å²) in [7, 11) is 1.62. The molecule has 49 heavy (non-hydrogen) atoms. The van der Waals surface area contributed by atoms with Crippen molar-refractivity contribution in [2.45, 2.75) is 77.3 Å². The van der Waals surface area contributed by atoms with E-state index in [1.807, 2.05) is 55.1 Å². The summed E-state index contributed by atoms with van der Waals surface area (Å²) in [6, 6.07) is 12.7. The first kappa shape index (κ1) is 38.1. The number of likely N-dealkylation sites (tertiary alicyclic amines) is 1. The molecule has 1 heterocycles. The molecule has 0 bridgehead atoms. The summed E-state index contributed by atoms with van der Waals surface area (Å²) in [5.41, 5.74) is 2.52. The van der Waals surface area contributed by atoms with Crippen LogP contribution in [0, 0.1) is 5.92 Å². The number of amides is 3. The molecular weight excluding hydrogens is 624 g/mol. The van der Waals surface area contributed by atoms with Gasteiger partial charge in [-0.3, -0.25) is 14.4 Å². The third kappa shape index (κ3) is 12.0. The van der Waals surface area contributed by atoms with Crippen molar-refractivity contribution in [3.63, 3.8) is 0 Å². The van der Waals surface area contributed by atoms with E-state index in [-0.39, 0.29) is 36.1 Å². The van der Waals surface area contributed by atoms with Gasteiger partial charge in [-0.2, -0.15) is 0 Å². The van der Waals surface area contributed by atoms with Gasteiger partial charge in [0, 0.05) is 55.9 Å². The number of nitrogens with zero attached hydrogens (tertiary/aromatic N) is 1. The lowest BCUT2D eigenvalue weighted by Gasteiger charge is -2.33. The fourth-order valence-electron chi connectivity index (χ4n) is 6.73. The van der Waals surface area contributed by atoms with E-state index in [0.29, 0.717) is 64.8 Å². The van der Waals surface area contributed by atoms with E-state index >= 15 is 0 Å². The Kier molecular flexibility index (Phi) is 16.2. The minimum atomic E-state index is -0.599. The van der Waals surface area contributed by atoms with Crippen LogP contribution in [0.4, 0.5) is 0 Å². The van der Waals surface area contributed by atoms with Crippen molar-refractivity contribution >= 4 is 17.7 Å². The van der Waals surface area contributed by atoms with E-state index in [9.17, 15) is 14.4 Å². The van der Waals surface area contributed by atoms with Crippen LogP contribution in [-0.4, -0.2) is 95.0 Å². The minimum Gasteiger partial charge on any atom is -0.497 e. The van der Waals surface area contributed by atoms with E-state index in [4.69, 9.17) is 18.9 Å². The van der Waals surface area contributed by atoms with Gasteiger partial charge in [0.05, 0.1) is 40.1 Å². The molecule has 0 spiro atoms. The van der Waals surface area contributed by atoms with Crippen LogP contribution in [0.1, 0.15) is 86.2 Å². The maximum absolute atomic E-state index is 13.6. The number of methoxy groups -OCH3 is 1. The molecule has 1 aliphatic carbocycles. The van der Waals surface area contributed by atoms with Crippen LogP contribution in [0.15, 0.2) is 42.5 Å². The zero-order chi connectivity index (χ0) is 34.8. The minimum absolute atomic E-state index is 0.0473. The highest BCUT2D eigenvalue weighted by molar-refractivity contribution is 5.97. The van der Waals surface area contributed by atoms with Crippen molar-refractivity contribution in [1.82, 2.24) is 20.9 Å².